The fourth-order valence-electron chi connectivity index (χ4n) is 2.34. The average Bonchev–Trinajstić information content (AvgIpc) is 3.19. The minimum atomic E-state index is -2.84. The number of hydrogen-bond donors (Lipinski definition) is 0. The van der Waals surface area contributed by atoms with E-state index in [0.29, 0.717) is 38.6 Å². The van der Waals surface area contributed by atoms with Crippen LogP contribution in [0.2, 0.25) is 5.02 Å². The van der Waals surface area contributed by atoms with Gasteiger partial charge in [0.25, 0.3) is 5.89 Å². The Morgan fingerprint density at radius 1 is 1.36 bits per heavy atom. The van der Waals surface area contributed by atoms with Crippen LogP contribution in [0.1, 0.15) is 18.0 Å². The molecule has 0 aliphatic rings. The second-order valence-electron chi connectivity index (χ2n) is 5.46. The summed E-state index contributed by atoms with van der Waals surface area (Å²) in [7, 11) is 1.47. The number of methoxy groups -OCH3 is 1. The first-order valence-corrected chi connectivity index (χ1v) is 8.92. The first-order valence-electron chi connectivity index (χ1n) is 7.74. The standard InChI is InChI=1S/C17H12BrClF2N4O3/c1-27-14-5-12(19)11(18)4-13(14)25(8-26)7-10-3-2-9(6-22-10)16-23-24-17(28-16)15(20)21/h2-6,8,15H,7H2,1H3. The molecule has 28 heavy (non-hydrogen) atoms. The van der Waals surface area contributed by atoms with E-state index < -0.39 is 12.3 Å². The highest BCUT2D eigenvalue weighted by Gasteiger charge is 2.18. The number of benzene rings is 1. The van der Waals surface area contributed by atoms with Gasteiger partial charge in [-0.2, -0.15) is 8.78 Å². The fraction of sp³-hybridized carbons (Fsp3) is 0.176. The summed E-state index contributed by atoms with van der Waals surface area (Å²) in [5.74, 6) is -0.404. The number of rotatable bonds is 7. The van der Waals surface area contributed by atoms with Crippen molar-refractivity contribution in [2.24, 2.45) is 0 Å². The van der Waals surface area contributed by atoms with Gasteiger partial charge in [-0.15, -0.1) is 10.2 Å². The molecule has 3 rings (SSSR count). The molecule has 0 saturated heterocycles. The molecule has 0 saturated carbocycles. The number of aromatic nitrogens is 3. The van der Waals surface area contributed by atoms with E-state index in [1.165, 1.54) is 18.2 Å². The van der Waals surface area contributed by atoms with E-state index in [0.717, 1.165) is 0 Å². The van der Waals surface area contributed by atoms with Crippen molar-refractivity contribution in [3.05, 3.63) is 51.5 Å². The number of hydrogen-bond acceptors (Lipinski definition) is 6. The Kier molecular flexibility index (Phi) is 6.20. The maximum Gasteiger partial charge on any atom is 0.314 e. The smallest absolute Gasteiger partial charge is 0.314 e. The van der Waals surface area contributed by atoms with Crippen molar-refractivity contribution in [3.63, 3.8) is 0 Å². The van der Waals surface area contributed by atoms with E-state index in [9.17, 15) is 13.6 Å². The highest BCUT2D eigenvalue weighted by Crippen LogP contribution is 2.36. The Labute approximate surface area is 171 Å². The van der Waals surface area contributed by atoms with Gasteiger partial charge in [0.1, 0.15) is 5.75 Å². The number of nitrogens with zero attached hydrogens (tertiary/aromatic N) is 4. The molecule has 0 fully saturated rings. The van der Waals surface area contributed by atoms with Crippen molar-refractivity contribution in [1.29, 1.82) is 0 Å². The molecule has 2 aromatic heterocycles. The van der Waals surface area contributed by atoms with E-state index >= 15 is 0 Å². The lowest BCUT2D eigenvalue weighted by atomic mass is 10.2. The number of carbonyl (C=O) groups excluding carboxylic acids is 1. The van der Waals surface area contributed by atoms with Gasteiger partial charge in [0.2, 0.25) is 12.3 Å². The lowest BCUT2D eigenvalue weighted by Gasteiger charge is -2.20. The summed E-state index contributed by atoms with van der Waals surface area (Å²) in [6.07, 6.45) is -0.806. The molecule has 1 aromatic carbocycles. The van der Waals surface area contributed by atoms with Gasteiger partial charge in [0.15, 0.2) is 0 Å². The summed E-state index contributed by atoms with van der Waals surface area (Å²) in [6.45, 7) is 0.139. The maximum absolute atomic E-state index is 12.5. The Morgan fingerprint density at radius 2 is 2.14 bits per heavy atom. The SMILES string of the molecule is COc1cc(Cl)c(Br)cc1N(C=O)Cc1ccc(-c2nnc(C(F)F)o2)cn1. The van der Waals surface area contributed by atoms with Gasteiger partial charge in [-0.25, -0.2) is 0 Å². The summed E-state index contributed by atoms with van der Waals surface area (Å²) in [4.78, 5) is 17.2. The van der Waals surface area contributed by atoms with Crippen molar-refractivity contribution in [2.45, 2.75) is 13.0 Å². The molecule has 0 unspecified atom stereocenters. The fourth-order valence-corrected chi connectivity index (χ4v) is 2.83. The first-order chi connectivity index (χ1) is 13.4. The molecular formula is C17H12BrClF2N4O3. The molecule has 1 amide bonds. The second kappa shape index (κ2) is 8.61. The molecule has 0 N–H and O–H groups in total. The predicted molar refractivity (Wildman–Crippen MR) is 100 cm³/mol. The van der Waals surface area contributed by atoms with Crippen molar-refractivity contribution in [1.82, 2.24) is 15.2 Å². The normalized spacial score (nSPS) is 10.9. The zero-order chi connectivity index (χ0) is 20.3. The molecule has 11 heteroatoms. The summed E-state index contributed by atoms with van der Waals surface area (Å²) in [5.41, 5.74) is 1.42. The van der Waals surface area contributed by atoms with Crippen LogP contribution in [-0.2, 0) is 11.3 Å². The molecule has 7 nitrogen and oxygen atoms in total. The van der Waals surface area contributed by atoms with Crippen LogP contribution in [0.15, 0.2) is 39.4 Å². The van der Waals surface area contributed by atoms with Crippen LogP contribution in [0.5, 0.6) is 5.75 Å². The third kappa shape index (κ3) is 4.28. The van der Waals surface area contributed by atoms with Crippen LogP contribution in [-0.4, -0.2) is 28.7 Å². The van der Waals surface area contributed by atoms with Gasteiger partial charge in [-0.1, -0.05) is 11.6 Å². The molecule has 0 atom stereocenters. The maximum atomic E-state index is 12.5. The quantitative estimate of drug-likeness (QED) is 0.464. The molecule has 0 radical (unpaired) electrons. The number of pyridine rings is 1. The van der Waals surface area contributed by atoms with Crippen LogP contribution in [0.3, 0.4) is 0 Å². The molecule has 0 bridgehead atoms. The van der Waals surface area contributed by atoms with Crippen LogP contribution >= 0.6 is 27.5 Å². The molecule has 0 spiro atoms. The Hall–Kier alpha value is -2.59. The van der Waals surface area contributed by atoms with E-state index in [1.54, 1.807) is 24.3 Å². The summed E-state index contributed by atoms with van der Waals surface area (Å²) in [6, 6.07) is 6.46. The number of ether oxygens (including phenoxy) is 1. The van der Waals surface area contributed by atoms with Gasteiger partial charge in [0.05, 0.1) is 35.6 Å². The van der Waals surface area contributed by atoms with Crippen molar-refractivity contribution in [2.75, 3.05) is 12.0 Å². The van der Waals surface area contributed by atoms with Gasteiger partial charge < -0.3 is 14.1 Å². The summed E-state index contributed by atoms with van der Waals surface area (Å²) >= 11 is 9.37. The Balaban J connectivity index is 1.82. The van der Waals surface area contributed by atoms with Crippen LogP contribution in [0, 0.1) is 0 Å². The minimum absolute atomic E-state index is 0.0649. The topological polar surface area (TPSA) is 81.4 Å². The molecule has 3 aromatic rings. The Bertz CT molecular complexity index is 985. The number of carbonyl (C=O) groups is 1. The average molecular weight is 474 g/mol. The van der Waals surface area contributed by atoms with Crippen LogP contribution in [0.25, 0.3) is 11.5 Å². The lowest BCUT2D eigenvalue weighted by molar-refractivity contribution is -0.107. The Morgan fingerprint density at radius 3 is 2.71 bits per heavy atom. The summed E-state index contributed by atoms with van der Waals surface area (Å²) in [5, 5.41) is 7.28. The van der Waals surface area contributed by atoms with E-state index in [2.05, 4.69) is 31.1 Å². The second-order valence-corrected chi connectivity index (χ2v) is 6.72. The van der Waals surface area contributed by atoms with Crippen LogP contribution in [0.4, 0.5) is 14.5 Å². The third-order valence-electron chi connectivity index (χ3n) is 3.69. The van der Waals surface area contributed by atoms with Crippen LogP contribution < -0.4 is 9.64 Å². The molecule has 146 valence electrons. The number of amides is 1. The van der Waals surface area contributed by atoms with Gasteiger partial charge in [-0.05, 0) is 34.1 Å². The van der Waals surface area contributed by atoms with Gasteiger partial charge in [-0.3, -0.25) is 9.78 Å². The zero-order valence-corrected chi connectivity index (χ0v) is 16.6. The number of alkyl halides is 2. The number of anilines is 1. The minimum Gasteiger partial charge on any atom is -0.495 e. The molecule has 0 aliphatic heterocycles. The highest BCUT2D eigenvalue weighted by molar-refractivity contribution is 9.10. The van der Waals surface area contributed by atoms with E-state index in [4.69, 9.17) is 20.8 Å². The van der Waals surface area contributed by atoms with Gasteiger partial charge in [0, 0.05) is 16.7 Å². The summed E-state index contributed by atoms with van der Waals surface area (Å²) < 4.78 is 35.9. The highest BCUT2D eigenvalue weighted by atomic mass is 79.9. The van der Waals surface area contributed by atoms with Crippen molar-refractivity contribution in [3.8, 4) is 17.2 Å². The van der Waals surface area contributed by atoms with Crippen molar-refractivity contribution >= 4 is 39.6 Å². The van der Waals surface area contributed by atoms with E-state index in [-0.39, 0.29) is 12.4 Å². The zero-order valence-electron chi connectivity index (χ0n) is 14.3. The largest absolute Gasteiger partial charge is 0.495 e. The van der Waals surface area contributed by atoms with Gasteiger partial charge >= 0.3 is 6.43 Å². The first kappa shape index (κ1) is 20.2. The van der Waals surface area contributed by atoms with E-state index in [1.807, 2.05) is 0 Å². The molecule has 0 aliphatic carbocycles. The molecule has 2 heterocycles. The monoisotopic (exact) mass is 472 g/mol. The van der Waals surface area contributed by atoms with Crippen molar-refractivity contribution < 1.29 is 22.7 Å². The third-order valence-corrected chi connectivity index (χ3v) is 4.89. The number of halogens is 4. The predicted octanol–water partition coefficient (Wildman–Crippen LogP) is 4.66. The molecular weight excluding hydrogens is 462 g/mol. The lowest BCUT2D eigenvalue weighted by Crippen LogP contribution is -2.21.